The standard InChI is InChI=1S/C20H19NO/c1-13-4-7-16(8-5-13)19-11-18(20(12-22)21-19)17-9-6-14(2)10-15(17)3/h4-12,21H,1-3H3. The van der Waals surface area contributed by atoms with E-state index in [2.05, 4.69) is 74.3 Å². The van der Waals surface area contributed by atoms with Crippen LogP contribution in [0, 0.1) is 20.8 Å². The van der Waals surface area contributed by atoms with Gasteiger partial charge >= 0.3 is 0 Å². The molecule has 2 aromatic carbocycles. The van der Waals surface area contributed by atoms with E-state index in [1.54, 1.807) is 0 Å². The van der Waals surface area contributed by atoms with Crippen LogP contribution in [0.1, 0.15) is 27.2 Å². The topological polar surface area (TPSA) is 32.9 Å². The molecule has 1 N–H and O–H groups in total. The van der Waals surface area contributed by atoms with E-state index in [0.29, 0.717) is 5.69 Å². The summed E-state index contributed by atoms with van der Waals surface area (Å²) in [5.74, 6) is 0. The molecular formula is C20H19NO. The van der Waals surface area contributed by atoms with Crippen LogP contribution in [-0.2, 0) is 0 Å². The van der Waals surface area contributed by atoms with Crippen molar-refractivity contribution in [3.8, 4) is 22.4 Å². The van der Waals surface area contributed by atoms with Crippen molar-refractivity contribution in [3.63, 3.8) is 0 Å². The Morgan fingerprint density at radius 1 is 0.818 bits per heavy atom. The molecule has 22 heavy (non-hydrogen) atoms. The fraction of sp³-hybridized carbons (Fsp3) is 0.150. The molecule has 0 spiro atoms. The first-order valence-corrected chi connectivity index (χ1v) is 7.41. The van der Waals surface area contributed by atoms with E-state index in [0.717, 1.165) is 28.7 Å². The summed E-state index contributed by atoms with van der Waals surface area (Å²) in [6, 6.07) is 16.7. The van der Waals surface area contributed by atoms with E-state index in [-0.39, 0.29) is 0 Å². The number of aromatic amines is 1. The molecule has 0 radical (unpaired) electrons. The predicted molar refractivity (Wildman–Crippen MR) is 91.3 cm³/mol. The van der Waals surface area contributed by atoms with E-state index < -0.39 is 0 Å². The average Bonchev–Trinajstić information content (AvgIpc) is 2.92. The Labute approximate surface area is 130 Å². The number of hydrogen-bond acceptors (Lipinski definition) is 1. The first-order valence-electron chi connectivity index (χ1n) is 7.41. The zero-order chi connectivity index (χ0) is 15.7. The smallest absolute Gasteiger partial charge is 0.166 e. The minimum atomic E-state index is 0.627. The Hall–Kier alpha value is -2.61. The summed E-state index contributed by atoms with van der Waals surface area (Å²) in [5.41, 5.74) is 8.37. The van der Waals surface area contributed by atoms with Crippen molar-refractivity contribution >= 4 is 6.29 Å². The van der Waals surface area contributed by atoms with Gasteiger partial charge in [0.05, 0.1) is 5.69 Å². The van der Waals surface area contributed by atoms with Crippen molar-refractivity contribution in [3.05, 3.63) is 70.9 Å². The summed E-state index contributed by atoms with van der Waals surface area (Å²) in [6.45, 7) is 6.22. The summed E-state index contributed by atoms with van der Waals surface area (Å²) in [4.78, 5) is 14.7. The van der Waals surface area contributed by atoms with Crippen LogP contribution < -0.4 is 0 Å². The summed E-state index contributed by atoms with van der Waals surface area (Å²) in [5, 5.41) is 0. The second-order valence-electron chi connectivity index (χ2n) is 5.81. The molecule has 3 rings (SSSR count). The van der Waals surface area contributed by atoms with Crippen LogP contribution in [0.25, 0.3) is 22.4 Å². The molecule has 0 aliphatic heterocycles. The van der Waals surface area contributed by atoms with Crippen LogP contribution in [0.4, 0.5) is 0 Å². The largest absolute Gasteiger partial charge is 0.352 e. The molecule has 1 heterocycles. The maximum absolute atomic E-state index is 11.4. The highest BCUT2D eigenvalue weighted by molar-refractivity contribution is 5.89. The molecule has 0 aliphatic rings. The van der Waals surface area contributed by atoms with Gasteiger partial charge in [-0.2, -0.15) is 0 Å². The van der Waals surface area contributed by atoms with Crippen molar-refractivity contribution in [2.24, 2.45) is 0 Å². The van der Waals surface area contributed by atoms with Crippen molar-refractivity contribution in [2.45, 2.75) is 20.8 Å². The minimum absolute atomic E-state index is 0.627. The molecule has 2 heteroatoms. The van der Waals surface area contributed by atoms with Crippen molar-refractivity contribution in [2.75, 3.05) is 0 Å². The lowest BCUT2D eigenvalue weighted by molar-refractivity contribution is 0.112. The van der Waals surface area contributed by atoms with Crippen molar-refractivity contribution in [1.29, 1.82) is 0 Å². The normalized spacial score (nSPS) is 10.7. The van der Waals surface area contributed by atoms with E-state index >= 15 is 0 Å². The fourth-order valence-electron chi connectivity index (χ4n) is 2.79. The Bertz CT molecular complexity index is 825. The molecule has 2 nitrogen and oxygen atoms in total. The lowest BCUT2D eigenvalue weighted by atomic mass is 9.98. The van der Waals surface area contributed by atoms with Crippen LogP contribution in [-0.4, -0.2) is 11.3 Å². The van der Waals surface area contributed by atoms with Gasteiger partial charge in [-0.1, -0.05) is 53.6 Å². The van der Waals surface area contributed by atoms with Crippen LogP contribution in [0.3, 0.4) is 0 Å². The number of nitrogens with one attached hydrogen (secondary N) is 1. The quantitative estimate of drug-likeness (QED) is 0.670. The highest BCUT2D eigenvalue weighted by Gasteiger charge is 2.12. The third-order valence-corrected chi connectivity index (χ3v) is 4.00. The van der Waals surface area contributed by atoms with Crippen LogP contribution in [0.5, 0.6) is 0 Å². The van der Waals surface area contributed by atoms with Gasteiger partial charge in [0.15, 0.2) is 6.29 Å². The molecule has 0 fully saturated rings. The van der Waals surface area contributed by atoms with Crippen LogP contribution in [0.15, 0.2) is 48.5 Å². The molecule has 110 valence electrons. The second kappa shape index (κ2) is 5.64. The van der Waals surface area contributed by atoms with Crippen molar-refractivity contribution < 1.29 is 4.79 Å². The van der Waals surface area contributed by atoms with E-state index in [9.17, 15) is 4.79 Å². The number of carbonyl (C=O) groups is 1. The lowest BCUT2D eigenvalue weighted by Crippen LogP contribution is -1.88. The number of rotatable bonds is 3. The maximum Gasteiger partial charge on any atom is 0.166 e. The molecule has 0 atom stereocenters. The first-order chi connectivity index (χ1) is 10.6. The number of H-pyrrole nitrogens is 1. The molecule has 1 aromatic heterocycles. The SMILES string of the molecule is Cc1ccc(-c2cc(-c3ccc(C)cc3C)c(C=O)[nH]2)cc1. The highest BCUT2D eigenvalue weighted by atomic mass is 16.1. The van der Waals surface area contributed by atoms with Gasteiger partial charge in [-0.3, -0.25) is 4.79 Å². The number of aromatic nitrogens is 1. The molecule has 0 saturated carbocycles. The van der Waals surface area contributed by atoms with E-state index in [1.807, 2.05) is 0 Å². The third kappa shape index (κ3) is 2.60. The van der Waals surface area contributed by atoms with Gasteiger partial charge in [0.1, 0.15) is 0 Å². The van der Waals surface area contributed by atoms with Gasteiger partial charge in [-0.25, -0.2) is 0 Å². The molecule has 0 bridgehead atoms. The van der Waals surface area contributed by atoms with Crippen LogP contribution in [0.2, 0.25) is 0 Å². The van der Waals surface area contributed by atoms with Gasteiger partial charge in [-0.05, 0) is 43.5 Å². The third-order valence-electron chi connectivity index (χ3n) is 4.00. The van der Waals surface area contributed by atoms with E-state index in [4.69, 9.17) is 0 Å². The summed E-state index contributed by atoms with van der Waals surface area (Å²) < 4.78 is 0. The molecule has 3 aromatic rings. The molecule has 0 unspecified atom stereocenters. The number of hydrogen-bond donors (Lipinski definition) is 1. The first kappa shape index (κ1) is 14.3. The summed E-state index contributed by atoms with van der Waals surface area (Å²) in [7, 11) is 0. The number of aldehydes is 1. The number of carbonyl (C=O) groups excluding carboxylic acids is 1. The van der Waals surface area contributed by atoms with Gasteiger partial charge in [-0.15, -0.1) is 0 Å². The molecule has 0 aliphatic carbocycles. The minimum Gasteiger partial charge on any atom is -0.352 e. The van der Waals surface area contributed by atoms with Crippen molar-refractivity contribution in [1.82, 2.24) is 4.98 Å². The molecule has 0 amide bonds. The van der Waals surface area contributed by atoms with Gasteiger partial charge in [0.25, 0.3) is 0 Å². The Kier molecular flexibility index (Phi) is 3.68. The number of aryl methyl sites for hydroxylation is 3. The zero-order valence-electron chi connectivity index (χ0n) is 13.1. The summed E-state index contributed by atoms with van der Waals surface area (Å²) >= 11 is 0. The average molecular weight is 289 g/mol. The zero-order valence-corrected chi connectivity index (χ0v) is 13.1. The fourth-order valence-corrected chi connectivity index (χ4v) is 2.79. The maximum atomic E-state index is 11.4. The Balaban J connectivity index is 2.12. The lowest BCUT2D eigenvalue weighted by Gasteiger charge is -2.05. The van der Waals surface area contributed by atoms with E-state index in [1.165, 1.54) is 16.7 Å². The monoisotopic (exact) mass is 289 g/mol. The van der Waals surface area contributed by atoms with Gasteiger partial charge in [0, 0.05) is 11.3 Å². The Morgan fingerprint density at radius 3 is 2.14 bits per heavy atom. The summed E-state index contributed by atoms with van der Waals surface area (Å²) in [6.07, 6.45) is 0.895. The molecular weight excluding hydrogens is 270 g/mol. The van der Waals surface area contributed by atoms with Gasteiger partial charge < -0.3 is 4.98 Å². The molecule has 0 saturated heterocycles. The van der Waals surface area contributed by atoms with Crippen LogP contribution >= 0.6 is 0 Å². The number of benzene rings is 2. The second-order valence-corrected chi connectivity index (χ2v) is 5.81. The Morgan fingerprint density at radius 2 is 1.50 bits per heavy atom. The highest BCUT2D eigenvalue weighted by Crippen LogP contribution is 2.31. The van der Waals surface area contributed by atoms with Gasteiger partial charge in [0.2, 0.25) is 0 Å². The predicted octanol–water partition coefficient (Wildman–Crippen LogP) is 5.09.